The van der Waals surface area contributed by atoms with Crippen LogP contribution >= 0.6 is 0 Å². The first-order valence-corrected chi connectivity index (χ1v) is 4.66. The Morgan fingerprint density at radius 3 is 3.00 bits per heavy atom. The number of hydrogen-bond acceptors (Lipinski definition) is 2. The van der Waals surface area contributed by atoms with Gasteiger partial charge in [0.1, 0.15) is 0 Å². The Morgan fingerprint density at radius 1 is 1.55 bits per heavy atom. The highest BCUT2D eigenvalue weighted by Crippen LogP contribution is 2.06. The van der Waals surface area contributed by atoms with E-state index in [1.165, 1.54) is 19.4 Å². The highest BCUT2D eigenvalue weighted by Gasteiger charge is 2.16. The maximum Gasteiger partial charge on any atom is 0.0619 e. The molecule has 11 heavy (non-hydrogen) atoms. The van der Waals surface area contributed by atoms with Crippen LogP contribution in [0.1, 0.15) is 26.7 Å². The van der Waals surface area contributed by atoms with Crippen molar-refractivity contribution in [3.8, 4) is 0 Å². The van der Waals surface area contributed by atoms with Crippen LogP contribution in [-0.4, -0.2) is 37.2 Å². The lowest BCUT2D eigenvalue weighted by Gasteiger charge is -2.33. The summed E-state index contributed by atoms with van der Waals surface area (Å²) in [6.45, 7) is 8.71. The van der Waals surface area contributed by atoms with Crippen LogP contribution in [0.15, 0.2) is 0 Å². The van der Waals surface area contributed by atoms with E-state index in [1.54, 1.807) is 0 Å². The van der Waals surface area contributed by atoms with Crippen LogP contribution in [0.25, 0.3) is 0 Å². The van der Waals surface area contributed by atoms with E-state index in [0.29, 0.717) is 6.04 Å². The maximum atomic E-state index is 5.35. The molecule has 0 aromatic heterocycles. The number of nitrogens with zero attached hydrogens (tertiary/aromatic N) is 1. The van der Waals surface area contributed by atoms with E-state index in [2.05, 4.69) is 18.7 Å². The fraction of sp³-hybridized carbons (Fsp3) is 1.00. The summed E-state index contributed by atoms with van der Waals surface area (Å²) in [5.74, 6) is 0. The molecule has 1 aliphatic rings. The van der Waals surface area contributed by atoms with E-state index in [9.17, 15) is 0 Å². The number of ether oxygens (including phenoxy) is 1. The van der Waals surface area contributed by atoms with Gasteiger partial charge in [-0.3, -0.25) is 4.90 Å². The molecule has 0 radical (unpaired) electrons. The monoisotopic (exact) mass is 157 g/mol. The second-order valence-corrected chi connectivity index (χ2v) is 3.31. The largest absolute Gasteiger partial charge is 0.379 e. The van der Waals surface area contributed by atoms with E-state index >= 15 is 0 Å². The Balaban J connectivity index is 2.18. The number of hydrogen-bond donors (Lipinski definition) is 0. The molecule has 1 rings (SSSR count). The van der Waals surface area contributed by atoms with E-state index in [4.69, 9.17) is 4.74 Å². The Morgan fingerprint density at radius 2 is 2.36 bits per heavy atom. The smallest absolute Gasteiger partial charge is 0.0619 e. The molecule has 0 bridgehead atoms. The Bertz CT molecular complexity index is 106. The van der Waals surface area contributed by atoms with Crippen molar-refractivity contribution in [2.24, 2.45) is 0 Å². The standard InChI is InChI=1S/C9H19NO/c1-3-4-5-10-6-7-11-8-9(10)2/h9H,3-8H2,1-2H3/t9-/m0/s1. The summed E-state index contributed by atoms with van der Waals surface area (Å²) in [7, 11) is 0. The summed E-state index contributed by atoms with van der Waals surface area (Å²) in [5, 5.41) is 0. The zero-order valence-corrected chi connectivity index (χ0v) is 7.68. The summed E-state index contributed by atoms with van der Waals surface area (Å²) in [5.41, 5.74) is 0. The summed E-state index contributed by atoms with van der Waals surface area (Å²) >= 11 is 0. The minimum absolute atomic E-state index is 0.635. The van der Waals surface area contributed by atoms with Crippen LogP contribution in [0.3, 0.4) is 0 Å². The van der Waals surface area contributed by atoms with Gasteiger partial charge in [0, 0.05) is 12.6 Å². The Labute approximate surface area is 69.5 Å². The molecular formula is C9H19NO. The number of rotatable bonds is 3. The highest BCUT2D eigenvalue weighted by molar-refractivity contribution is 4.70. The third kappa shape index (κ3) is 2.80. The van der Waals surface area contributed by atoms with Crippen molar-refractivity contribution in [3.05, 3.63) is 0 Å². The van der Waals surface area contributed by atoms with Crippen LogP contribution in [0, 0.1) is 0 Å². The minimum atomic E-state index is 0.635. The van der Waals surface area contributed by atoms with E-state index in [1.807, 2.05) is 0 Å². The normalized spacial score (nSPS) is 27.3. The van der Waals surface area contributed by atoms with Crippen LogP contribution < -0.4 is 0 Å². The molecule has 0 aliphatic carbocycles. The molecule has 1 aliphatic heterocycles. The van der Waals surface area contributed by atoms with Gasteiger partial charge in [0.05, 0.1) is 13.2 Å². The van der Waals surface area contributed by atoms with Crippen LogP contribution in [0.5, 0.6) is 0 Å². The zero-order valence-electron chi connectivity index (χ0n) is 7.68. The van der Waals surface area contributed by atoms with Crippen LogP contribution in [-0.2, 0) is 4.74 Å². The van der Waals surface area contributed by atoms with Crippen LogP contribution in [0.2, 0.25) is 0 Å². The molecule has 1 heterocycles. The van der Waals surface area contributed by atoms with E-state index in [-0.39, 0.29) is 0 Å². The average Bonchev–Trinajstić information content (AvgIpc) is 2.03. The molecule has 2 nitrogen and oxygen atoms in total. The fourth-order valence-corrected chi connectivity index (χ4v) is 1.45. The fourth-order valence-electron chi connectivity index (χ4n) is 1.45. The molecule has 0 unspecified atom stereocenters. The quantitative estimate of drug-likeness (QED) is 0.615. The van der Waals surface area contributed by atoms with Gasteiger partial charge in [0.2, 0.25) is 0 Å². The van der Waals surface area contributed by atoms with Crippen molar-refractivity contribution < 1.29 is 4.74 Å². The van der Waals surface area contributed by atoms with Crippen molar-refractivity contribution in [1.29, 1.82) is 0 Å². The van der Waals surface area contributed by atoms with Gasteiger partial charge in [0.25, 0.3) is 0 Å². The Kier molecular flexibility index (Phi) is 3.87. The van der Waals surface area contributed by atoms with Gasteiger partial charge in [-0.15, -0.1) is 0 Å². The maximum absolute atomic E-state index is 5.35. The molecular weight excluding hydrogens is 138 g/mol. The van der Waals surface area contributed by atoms with Crippen LogP contribution in [0.4, 0.5) is 0 Å². The van der Waals surface area contributed by atoms with Gasteiger partial charge in [-0.25, -0.2) is 0 Å². The van der Waals surface area contributed by atoms with E-state index < -0.39 is 0 Å². The molecule has 0 N–H and O–H groups in total. The van der Waals surface area contributed by atoms with Crippen molar-refractivity contribution in [2.45, 2.75) is 32.7 Å². The van der Waals surface area contributed by atoms with Gasteiger partial charge >= 0.3 is 0 Å². The molecule has 0 aromatic carbocycles. The molecule has 0 saturated carbocycles. The lowest BCUT2D eigenvalue weighted by Crippen LogP contribution is -2.43. The molecule has 0 spiro atoms. The molecule has 1 fully saturated rings. The van der Waals surface area contributed by atoms with Gasteiger partial charge in [-0.1, -0.05) is 13.3 Å². The second-order valence-electron chi connectivity index (χ2n) is 3.31. The van der Waals surface area contributed by atoms with Crippen molar-refractivity contribution in [3.63, 3.8) is 0 Å². The molecule has 0 amide bonds. The molecule has 2 heteroatoms. The summed E-state index contributed by atoms with van der Waals surface area (Å²) in [6.07, 6.45) is 2.62. The number of morpholine rings is 1. The molecule has 1 saturated heterocycles. The Hall–Kier alpha value is -0.0800. The SMILES string of the molecule is CCCCN1CCOC[C@@H]1C. The summed E-state index contributed by atoms with van der Waals surface area (Å²) < 4.78 is 5.35. The first-order chi connectivity index (χ1) is 5.34. The first kappa shape index (κ1) is 9.01. The minimum Gasteiger partial charge on any atom is -0.379 e. The predicted octanol–water partition coefficient (Wildman–Crippen LogP) is 1.51. The summed E-state index contributed by atoms with van der Waals surface area (Å²) in [6, 6.07) is 0.635. The van der Waals surface area contributed by atoms with Gasteiger partial charge in [-0.05, 0) is 19.9 Å². The summed E-state index contributed by atoms with van der Waals surface area (Å²) in [4.78, 5) is 2.52. The second kappa shape index (κ2) is 4.73. The lowest BCUT2D eigenvalue weighted by molar-refractivity contribution is -0.000715. The topological polar surface area (TPSA) is 12.5 Å². The van der Waals surface area contributed by atoms with Crippen molar-refractivity contribution in [1.82, 2.24) is 4.90 Å². The third-order valence-corrected chi connectivity index (χ3v) is 2.30. The predicted molar refractivity (Wildman–Crippen MR) is 46.8 cm³/mol. The van der Waals surface area contributed by atoms with Gasteiger partial charge in [-0.2, -0.15) is 0 Å². The third-order valence-electron chi connectivity index (χ3n) is 2.30. The van der Waals surface area contributed by atoms with Crippen molar-refractivity contribution >= 4 is 0 Å². The first-order valence-electron chi connectivity index (χ1n) is 4.66. The van der Waals surface area contributed by atoms with Gasteiger partial charge < -0.3 is 4.74 Å². The lowest BCUT2D eigenvalue weighted by atomic mass is 10.2. The highest BCUT2D eigenvalue weighted by atomic mass is 16.5. The molecule has 0 aromatic rings. The zero-order chi connectivity index (χ0) is 8.10. The average molecular weight is 157 g/mol. The molecule has 66 valence electrons. The van der Waals surface area contributed by atoms with Crippen molar-refractivity contribution in [2.75, 3.05) is 26.3 Å². The van der Waals surface area contributed by atoms with Gasteiger partial charge in [0.15, 0.2) is 0 Å². The van der Waals surface area contributed by atoms with E-state index in [0.717, 1.165) is 19.8 Å². The number of unbranched alkanes of at least 4 members (excludes halogenated alkanes) is 1. The molecule has 1 atom stereocenters.